The zero-order valence-electron chi connectivity index (χ0n) is 16.6. The van der Waals surface area contributed by atoms with Gasteiger partial charge in [-0.2, -0.15) is 0 Å². The standard InChI is InChI=1S/C23H24FNO4/c1-3-16-14-20(10-6-17(16)7-11-22(26)27)28-13-12-21-15(2)29-23(25-21)18-4-8-19(24)9-5-18/h4-6,8-10,14H,3,7,11-13H2,1-2H3,(H,26,27). The molecule has 2 aromatic carbocycles. The van der Waals surface area contributed by atoms with Crippen LogP contribution in [0.25, 0.3) is 11.5 Å². The number of hydrogen-bond acceptors (Lipinski definition) is 4. The summed E-state index contributed by atoms with van der Waals surface area (Å²) in [4.78, 5) is 15.3. The molecule has 0 aliphatic rings. The van der Waals surface area contributed by atoms with Gasteiger partial charge in [-0.05, 0) is 67.3 Å². The van der Waals surface area contributed by atoms with Crippen molar-refractivity contribution < 1.29 is 23.4 Å². The molecule has 152 valence electrons. The SMILES string of the molecule is CCc1cc(OCCc2nc(-c3ccc(F)cc3)oc2C)ccc1CCC(=O)O. The van der Waals surface area contributed by atoms with E-state index in [-0.39, 0.29) is 12.2 Å². The largest absolute Gasteiger partial charge is 0.493 e. The third kappa shape index (κ3) is 5.44. The van der Waals surface area contributed by atoms with Crippen LogP contribution in [-0.4, -0.2) is 22.7 Å². The Labute approximate surface area is 169 Å². The van der Waals surface area contributed by atoms with Gasteiger partial charge in [-0.15, -0.1) is 0 Å². The van der Waals surface area contributed by atoms with Gasteiger partial charge >= 0.3 is 5.97 Å². The smallest absolute Gasteiger partial charge is 0.303 e. The zero-order valence-corrected chi connectivity index (χ0v) is 16.6. The Morgan fingerprint density at radius 1 is 1.14 bits per heavy atom. The summed E-state index contributed by atoms with van der Waals surface area (Å²) in [5.41, 5.74) is 3.67. The number of halogens is 1. The first-order valence-corrected chi connectivity index (χ1v) is 9.65. The number of rotatable bonds is 9. The van der Waals surface area contributed by atoms with Crippen LogP contribution in [0, 0.1) is 12.7 Å². The molecule has 3 aromatic rings. The van der Waals surface area contributed by atoms with Crippen LogP contribution in [0.5, 0.6) is 5.75 Å². The van der Waals surface area contributed by atoms with E-state index in [1.165, 1.54) is 12.1 Å². The van der Waals surface area contributed by atoms with Gasteiger partial charge in [-0.25, -0.2) is 9.37 Å². The molecule has 3 rings (SSSR count). The highest BCUT2D eigenvalue weighted by molar-refractivity contribution is 5.67. The van der Waals surface area contributed by atoms with Gasteiger partial charge in [0.25, 0.3) is 0 Å². The maximum Gasteiger partial charge on any atom is 0.303 e. The van der Waals surface area contributed by atoms with Crippen LogP contribution in [0.3, 0.4) is 0 Å². The fraction of sp³-hybridized carbons (Fsp3) is 0.304. The van der Waals surface area contributed by atoms with Crippen molar-refractivity contribution in [3.05, 3.63) is 70.9 Å². The predicted molar refractivity (Wildman–Crippen MR) is 108 cm³/mol. The van der Waals surface area contributed by atoms with Gasteiger partial charge in [0.2, 0.25) is 5.89 Å². The van der Waals surface area contributed by atoms with Gasteiger partial charge in [0.05, 0.1) is 12.3 Å². The molecule has 0 saturated heterocycles. The third-order valence-corrected chi connectivity index (χ3v) is 4.76. The van der Waals surface area contributed by atoms with Crippen LogP contribution < -0.4 is 4.74 Å². The van der Waals surface area contributed by atoms with E-state index in [4.69, 9.17) is 14.3 Å². The van der Waals surface area contributed by atoms with E-state index in [9.17, 15) is 9.18 Å². The number of carboxylic acid groups (broad SMARTS) is 1. The minimum atomic E-state index is -0.796. The lowest BCUT2D eigenvalue weighted by atomic mass is 10.0. The van der Waals surface area contributed by atoms with E-state index in [2.05, 4.69) is 4.98 Å². The first-order chi connectivity index (χ1) is 14.0. The van der Waals surface area contributed by atoms with Gasteiger partial charge in [-0.1, -0.05) is 13.0 Å². The van der Waals surface area contributed by atoms with Gasteiger partial charge in [-0.3, -0.25) is 4.79 Å². The summed E-state index contributed by atoms with van der Waals surface area (Å²) in [6.45, 7) is 4.33. The van der Waals surface area contributed by atoms with E-state index in [0.717, 1.165) is 34.6 Å². The fourth-order valence-corrected chi connectivity index (χ4v) is 3.15. The number of aromatic nitrogens is 1. The first-order valence-electron chi connectivity index (χ1n) is 9.65. The number of carboxylic acids is 1. The van der Waals surface area contributed by atoms with Crippen molar-refractivity contribution in [1.29, 1.82) is 0 Å². The lowest BCUT2D eigenvalue weighted by Gasteiger charge is -2.11. The summed E-state index contributed by atoms with van der Waals surface area (Å²) in [7, 11) is 0. The molecule has 0 unspecified atom stereocenters. The average molecular weight is 397 g/mol. The molecule has 6 heteroatoms. The Kier molecular flexibility index (Phi) is 6.65. The number of carbonyl (C=O) groups is 1. The Hall–Kier alpha value is -3.15. The summed E-state index contributed by atoms with van der Waals surface area (Å²) < 4.78 is 24.7. The highest BCUT2D eigenvalue weighted by atomic mass is 19.1. The molecule has 1 heterocycles. The minimum absolute atomic E-state index is 0.120. The lowest BCUT2D eigenvalue weighted by Crippen LogP contribution is -2.04. The minimum Gasteiger partial charge on any atom is -0.493 e. The highest BCUT2D eigenvalue weighted by Crippen LogP contribution is 2.23. The van der Waals surface area contributed by atoms with E-state index in [1.807, 2.05) is 32.0 Å². The summed E-state index contributed by atoms with van der Waals surface area (Å²) in [6, 6.07) is 11.8. The van der Waals surface area contributed by atoms with Gasteiger partial charge in [0.15, 0.2) is 0 Å². The van der Waals surface area contributed by atoms with Crippen LogP contribution >= 0.6 is 0 Å². The van der Waals surface area contributed by atoms with Crippen LogP contribution in [-0.2, 0) is 24.1 Å². The number of oxazole rings is 1. The van der Waals surface area contributed by atoms with Crippen LogP contribution in [0.4, 0.5) is 4.39 Å². The Bertz CT molecular complexity index is 979. The number of nitrogens with zero attached hydrogens (tertiary/aromatic N) is 1. The molecule has 0 spiro atoms. The maximum atomic E-state index is 13.1. The molecule has 0 atom stereocenters. The molecule has 1 N–H and O–H groups in total. The van der Waals surface area contributed by atoms with Gasteiger partial charge < -0.3 is 14.3 Å². The van der Waals surface area contributed by atoms with Crippen molar-refractivity contribution in [3.63, 3.8) is 0 Å². The Morgan fingerprint density at radius 2 is 1.90 bits per heavy atom. The van der Waals surface area contributed by atoms with Gasteiger partial charge in [0, 0.05) is 18.4 Å². The third-order valence-electron chi connectivity index (χ3n) is 4.76. The van der Waals surface area contributed by atoms with E-state index < -0.39 is 5.97 Å². The molecule has 0 amide bonds. The second-order valence-corrected chi connectivity index (χ2v) is 6.81. The van der Waals surface area contributed by atoms with Crippen LogP contribution in [0.2, 0.25) is 0 Å². The van der Waals surface area contributed by atoms with Crippen molar-refractivity contribution in [1.82, 2.24) is 4.98 Å². The van der Waals surface area contributed by atoms with Crippen molar-refractivity contribution in [2.24, 2.45) is 0 Å². The second kappa shape index (κ2) is 9.37. The number of hydrogen-bond donors (Lipinski definition) is 1. The zero-order chi connectivity index (χ0) is 20.8. The molecule has 0 saturated carbocycles. The molecule has 5 nitrogen and oxygen atoms in total. The van der Waals surface area contributed by atoms with E-state index >= 15 is 0 Å². The molecular formula is C23H24FNO4. The lowest BCUT2D eigenvalue weighted by molar-refractivity contribution is -0.136. The second-order valence-electron chi connectivity index (χ2n) is 6.81. The van der Waals surface area contributed by atoms with E-state index in [1.54, 1.807) is 12.1 Å². The molecule has 0 fully saturated rings. The van der Waals surface area contributed by atoms with Gasteiger partial charge in [0.1, 0.15) is 17.3 Å². The Balaban J connectivity index is 1.61. The van der Waals surface area contributed by atoms with Crippen molar-refractivity contribution in [2.75, 3.05) is 6.61 Å². The average Bonchev–Trinajstić information content (AvgIpc) is 3.07. The molecule has 0 aliphatic carbocycles. The number of aryl methyl sites for hydroxylation is 3. The topological polar surface area (TPSA) is 72.6 Å². The normalized spacial score (nSPS) is 10.9. The predicted octanol–water partition coefficient (Wildman–Crippen LogP) is 4.99. The number of benzene rings is 2. The summed E-state index contributed by atoms with van der Waals surface area (Å²) in [5, 5.41) is 8.87. The summed E-state index contributed by atoms with van der Waals surface area (Å²) in [6.07, 6.45) is 2.03. The van der Waals surface area contributed by atoms with Crippen molar-refractivity contribution >= 4 is 5.97 Å². The molecule has 29 heavy (non-hydrogen) atoms. The van der Waals surface area contributed by atoms with Crippen molar-refractivity contribution in [3.8, 4) is 17.2 Å². The quantitative estimate of drug-likeness (QED) is 0.551. The first kappa shape index (κ1) is 20.6. The molecule has 0 bridgehead atoms. The van der Waals surface area contributed by atoms with Crippen molar-refractivity contribution in [2.45, 2.75) is 39.5 Å². The number of aliphatic carboxylic acids is 1. The number of ether oxygens (including phenoxy) is 1. The molecular weight excluding hydrogens is 373 g/mol. The van der Waals surface area contributed by atoms with E-state index in [0.29, 0.717) is 31.1 Å². The van der Waals surface area contributed by atoms with Crippen LogP contribution in [0.1, 0.15) is 35.9 Å². The highest BCUT2D eigenvalue weighted by Gasteiger charge is 2.12. The van der Waals surface area contributed by atoms with Crippen LogP contribution in [0.15, 0.2) is 46.9 Å². The summed E-state index contributed by atoms with van der Waals surface area (Å²) in [5.74, 6) is 0.835. The fourth-order valence-electron chi connectivity index (χ4n) is 3.15. The monoisotopic (exact) mass is 397 g/mol. The summed E-state index contributed by atoms with van der Waals surface area (Å²) >= 11 is 0. The Morgan fingerprint density at radius 3 is 2.59 bits per heavy atom. The molecule has 1 aromatic heterocycles. The molecule has 0 radical (unpaired) electrons. The molecule has 0 aliphatic heterocycles. The maximum absolute atomic E-state index is 13.1.